The van der Waals surface area contributed by atoms with E-state index in [1.807, 2.05) is 0 Å². The van der Waals surface area contributed by atoms with E-state index in [9.17, 15) is 22.4 Å². The number of fused-ring (bicyclic) bond motifs is 1. The first-order valence-corrected chi connectivity index (χ1v) is 13.0. The van der Waals surface area contributed by atoms with Gasteiger partial charge in [0.25, 0.3) is 0 Å². The molecular formula is C23H23ClFN3O6S. The molecule has 186 valence electrons. The Kier molecular flexibility index (Phi) is 6.32. The van der Waals surface area contributed by atoms with E-state index in [0.717, 1.165) is 12.1 Å². The maximum absolute atomic E-state index is 13.4. The van der Waals surface area contributed by atoms with Crippen molar-refractivity contribution >= 4 is 39.1 Å². The smallest absolute Gasteiger partial charge is 0.243 e. The zero-order valence-corrected chi connectivity index (χ0v) is 20.2. The van der Waals surface area contributed by atoms with Crippen LogP contribution < -0.4 is 14.4 Å². The van der Waals surface area contributed by atoms with Gasteiger partial charge in [-0.1, -0.05) is 11.6 Å². The second kappa shape index (κ2) is 9.29. The fourth-order valence-corrected chi connectivity index (χ4v) is 6.21. The summed E-state index contributed by atoms with van der Waals surface area (Å²) in [5.41, 5.74) is 0.642. The lowest BCUT2D eigenvalue weighted by atomic mass is 10.1. The molecule has 2 aromatic rings. The minimum Gasteiger partial charge on any atom is -0.486 e. The van der Waals surface area contributed by atoms with Crippen molar-refractivity contribution in [1.82, 2.24) is 9.21 Å². The summed E-state index contributed by atoms with van der Waals surface area (Å²) in [6, 6.07) is 8.53. The summed E-state index contributed by atoms with van der Waals surface area (Å²) in [5, 5.41) is -0.270. The molecule has 2 saturated heterocycles. The first kappa shape index (κ1) is 23.8. The first-order valence-electron chi connectivity index (χ1n) is 11.2. The molecule has 0 aliphatic carbocycles. The highest BCUT2D eigenvalue weighted by Crippen LogP contribution is 2.36. The monoisotopic (exact) mass is 523 g/mol. The van der Waals surface area contributed by atoms with Gasteiger partial charge in [0.2, 0.25) is 21.8 Å². The summed E-state index contributed by atoms with van der Waals surface area (Å²) in [6.07, 6.45) is 0.0832. The molecular weight excluding hydrogens is 501 g/mol. The Balaban J connectivity index is 1.22. The molecule has 12 heteroatoms. The SMILES string of the molecule is O=C([C@@H]1CC(=O)N(c2ccc3c(c2)OCCO3)C1)N1CCN(S(=O)(=O)c2ccc(F)c(Cl)c2)CC1. The minimum atomic E-state index is -3.87. The van der Waals surface area contributed by atoms with Crippen LogP contribution in [0.3, 0.4) is 0 Å². The van der Waals surface area contributed by atoms with Crippen molar-refractivity contribution < 1.29 is 31.9 Å². The van der Waals surface area contributed by atoms with Gasteiger partial charge in [0, 0.05) is 50.9 Å². The second-order valence-corrected chi connectivity index (χ2v) is 10.9. The van der Waals surface area contributed by atoms with Crippen LogP contribution in [0.25, 0.3) is 0 Å². The molecule has 3 heterocycles. The zero-order chi connectivity index (χ0) is 24.7. The van der Waals surface area contributed by atoms with Crippen molar-refractivity contribution in [2.24, 2.45) is 5.92 Å². The second-order valence-electron chi connectivity index (χ2n) is 8.54. The quantitative estimate of drug-likeness (QED) is 0.609. The number of piperazine rings is 1. The number of anilines is 1. The largest absolute Gasteiger partial charge is 0.486 e. The minimum absolute atomic E-state index is 0.0832. The van der Waals surface area contributed by atoms with Crippen LogP contribution in [-0.2, 0) is 19.6 Å². The van der Waals surface area contributed by atoms with Crippen LogP contribution in [0.5, 0.6) is 11.5 Å². The third kappa shape index (κ3) is 4.55. The van der Waals surface area contributed by atoms with Crippen LogP contribution in [0.15, 0.2) is 41.3 Å². The van der Waals surface area contributed by atoms with Gasteiger partial charge in [-0.25, -0.2) is 12.8 Å². The third-order valence-corrected chi connectivity index (χ3v) is 8.58. The third-order valence-electron chi connectivity index (χ3n) is 6.39. The van der Waals surface area contributed by atoms with Crippen molar-refractivity contribution in [2.75, 3.05) is 50.8 Å². The Morgan fingerprint density at radius 3 is 2.43 bits per heavy atom. The van der Waals surface area contributed by atoms with E-state index in [4.69, 9.17) is 21.1 Å². The van der Waals surface area contributed by atoms with Gasteiger partial charge in [0.05, 0.1) is 15.8 Å². The number of amides is 2. The van der Waals surface area contributed by atoms with E-state index >= 15 is 0 Å². The summed E-state index contributed by atoms with van der Waals surface area (Å²) in [6.45, 7) is 1.72. The maximum atomic E-state index is 13.4. The Morgan fingerprint density at radius 1 is 1.00 bits per heavy atom. The van der Waals surface area contributed by atoms with E-state index < -0.39 is 21.8 Å². The molecule has 9 nitrogen and oxygen atoms in total. The van der Waals surface area contributed by atoms with Crippen LogP contribution in [-0.4, -0.2) is 75.4 Å². The lowest BCUT2D eigenvalue weighted by Crippen LogP contribution is -2.52. The van der Waals surface area contributed by atoms with Crippen molar-refractivity contribution in [1.29, 1.82) is 0 Å². The number of rotatable bonds is 4. The number of hydrogen-bond donors (Lipinski definition) is 0. The van der Waals surface area contributed by atoms with Crippen LogP contribution >= 0.6 is 11.6 Å². The van der Waals surface area contributed by atoms with E-state index in [0.29, 0.717) is 30.4 Å². The standard InChI is InChI=1S/C23H23ClFN3O6S/c24-18-13-17(2-3-19(18)25)35(31,32)27-7-5-26(6-8-27)23(30)15-11-22(29)28(14-15)16-1-4-20-21(12-16)34-10-9-33-20/h1-4,12-13,15H,5-11,14H2/t15-/m1/s1. The number of nitrogens with zero attached hydrogens (tertiary/aromatic N) is 3. The molecule has 1 atom stereocenters. The van der Waals surface area contributed by atoms with Crippen LogP contribution in [0.2, 0.25) is 5.02 Å². The van der Waals surface area contributed by atoms with Gasteiger partial charge in [-0.3, -0.25) is 9.59 Å². The van der Waals surface area contributed by atoms with E-state index in [2.05, 4.69) is 0 Å². The number of benzene rings is 2. The number of carbonyl (C=O) groups is 2. The number of hydrogen-bond acceptors (Lipinski definition) is 6. The molecule has 2 fully saturated rings. The van der Waals surface area contributed by atoms with Gasteiger partial charge in [0.15, 0.2) is 11.5 Å². The maximum Gasteiger partial charge on any atom is 0.243 e. The molecule has 0 saturated carbocycles. The van der Waals surface area contributed by atoms with Crippen LogP contribution in [0.4, 0.5) is 10.1 Å². The molecule has 0 aromatic heterocycles. The van der Waals surface area contributed by atoms with E-state index in [1.54, 1.807) is 28.0 Å². The van der Waals surface area contributed by atoms with Crippen molar-refractivity contribution in [3.05, 3.63) is 47.2 Å². The molecule has 0 spiro atoms. The summed E-state index contributed by atoms with van der Waals surface area (Å²) < 4.78 is 51.6. The highest BCUT2D eigenvalue weighted by atomic mass is 35.5. The van der Waals surface area contributed by atoms with Gasteiger partial charge in [-0.2, -0.15) is 4.31 Å². The Morgan fingerprint density at radius 2 is 1.71 bits per heavy atom. The van der Waals surface area contributed by atoms with E-state index in [1.165, 1.54) is 10.4 Å². The topological polar surface area (TPSA) is 96.5 Å². The molecule has 0 N–H and O–H groups in total. The normalized spacial score (nSPS) is 20.9. The lowest BCUT2D eigenvalue weighted by molar-refractivity contribution is -0.136. The van der Waals surface area contributed by atoms with Gasteiger partial charge in [0.1, 0.15) is 19.0 Å². The van der Waals surface area contributed by atoms with Crippen LogP contribution in [0, 0.1) is 11.7 Å². The van der Waals surface area contributed by atoms with Crippen molar-refractivity contribution in [3.63, 3.8) is 0 Å². The molecule has 2 aromatic carbocycles. The summed E-state index contributed by atoms with van der Waals surface area (Å²) in [7, 11) is -3.87. The fourth-order valence-electron chi connectivity index (χ4n) is 4.52. The Bertz CT molecular complexity index is 1280. The fraction of sp³-hybridized carbons (Fsp3) is 0.391. The zero-order valence-electron chi connectivity index (χ0n) is 18.7. The van der Waals surface area contributed by atoms with Crippen molar-refractivity contribution in [2.45, 2.75) is 11.3 Å². The molecule has 3 aliphatic rings. The predicted molar refractivity (Wildman–Crippen MR) is 125 cm³/mol. The molecule has 3 aliphatic heterocycles. The molecule has 35 heavy (non-hydrogen) atoms. The van der Waals surface area contributed by atoms with Gasteiger partial charge >= 0.3 is 0 Å². The number of halogens is 2. The Labute approximate surface area is 207 Å². The molecule has 0 unspecified atom stereocenters. The average molecular weight is 524 g/mol. The van der Waals surface area contributed by atoms with Crippen molar-refractivity contribution in [3.8, 4) is 11.5 Å². The lowest BCUT2D eigenvalue weighted by Gasteiger charge is -2.35. The molecule has 5 rings (SSSR count). The van der Waals surface area contributed by atoms with Gasteiger partial charge in [-0.15, -0.1) is 0 Å². The Hall–Kier alpha value is -2.89. The summed E-state index contributed by atoms with van der Waals surface area (Å²) in [4.78, 5) is 28.9. The number of carbonyl (C=O) groups excluding carboxylic acids is 2. The molecule has 0 bridgehead atoms. The summed E-state index contributed by atoms with van der Waals surface area (Å²) >= 11 is 5.74. The summed E-state index contributed by atoms with van der Waals surface area (Å²) in [5.74, 6) is -0.368. The predicted octanol–water partition coefficient (Wildman–Crippen LogP) is 2.14. The first-order chi connectivity index (χ1) is 16.7. The number of ether oxygens (including phenoxy) is 2. The number of sulfonamides is 1. The molecule has 0 radical (unpaired) electrons. The van der Waals surface area contributed by atoms with Crippen LogP contribution in [0.1, 0.15) is 6.42 Å². The molecule has 2 amide bonds. The highest BCUT2D eigenvalue weighted by molar-refractivity contribution is 7.89. The van der Waals surface area contributed by atoms with Gasteiger partial charge < -0.3 is 19.3 Å². The average Bonchev–Trinajstić information content (AvgIpc) is 3.26. The van der Waals surface area contributed by atoms with Gasteiger partial charge in [-0.05, 0) is 30.3 Å². The van der Waals surface area contributed by atoms with E-state index in [-0.39, 0.29) is 60.9 Å². The highest BCUT2D eigenvalue weighted by Gasteiger charge is 2.39.